The van der Waals surface area contributed by atoms with Crippen LogP contribution in [0.1, 0.15) is 19.3 Å². The molecule has 1 saturated carbocycles. The number of nitrogens with one attached hydrogen (secondary N) is 1. The normalized spacial score (nSPS) is 20.4. The summed E-state index contributed by atoms with van der Waals surface area (Å²) in [5.74, 6) is 1.76. The second-order valence-electron chi connectivity index (χ2n) is 6.27. The Kier molecular flexibility index (Phi) is 3.82. The molecule has 1 aliphatic carbocycles. The SMILES string of the molecule is COc1cccc(-c2cc(N[C@H]3CC[C@H](N)C3)n3nccc3n2)c1. The molecule has 1 aliphatic rings. The summed E-state index contributed by atoms with van der Waals surface area (Å²) in [5, 5.41) is 7.97. The average molecular weight is 323 g/mol. The minimum absolute atomic E-state index is 0.287. The van der Waals surface area contributed by atoms with Gasteiger partial charge in [0.05, 0.1) is 19.0 Å². The minimum atomic E-state index is 0.287. The fourth-order valence-corrected chi connectivity index (χ4v) is 3.30. The highest BCUT2D eigenvalue weighted by atomic mass is 16.5. The molecule has 2 heterocycles. The van der Waals surface area contributed by atoms with Crippen molar-refractivity contribution >= 4 is 11.5 Å². The van der Waals surface area contributed by atoms with E-state index >= 15 is 0 Å². The largest absolute Gasteiger partial charge is 0.497 e. The summed E-state index contributed by atoms with van der Waals surface area (Å²) in [6, 6.07) is 12.5. The monoisotopic (exact) mass is 323 g/mol. The third-order valence-electron chi connectivity index (χ3n) is 4.55. The molecule has 4 rings (SSSR count). The van der Waals surface area contributed by atoms with Gasteiger partial charge in [-0.15, -0.1) is 0 Å². The van der Waals surface area contributed by atoms with Gasteiger partial charge in [-0.3, -0.25) is 0 Å². The van der Waals surface area contributed by atoms with Crippen molar-refractivity contribution in [2.75, 3.05) is 12.4 Å². The molecule has 0 unspecified atom stereocenters. The standard InChI is InChI=1S/C18H21N5O/c1-24-15-4-2-3-12(9-15)16-11-18(21-14-6-5-13(19)10-14)23-17(22-16)7-8-20-23/h2-4,7-9,11,13-14,21H,5-6,10,19H2,1H3/t13-,14-/m0/s1. The van der Waals surface area contributed by atoms with Crippen LogP contribution in [0.15, 0.2) is 42.6 Å². The lowest BCUT2D eigenvalue weighted by Gasteiger charge is -2.16. The summed E-state index contributed by atoms with van der Waals surface area (Å²) in [6.07, 6.45) is 4.90. The second kappa shape index (κ2) is 6.13. The van der Waals surface area contributed by atoms with Crippen molar-refractivity contribution in [3.8, 4) is 17.0 Å². The van der Waals surface area contributed by atoms with Crippen LogP contribution in [0.3, 0.4) is 0 Å². The maximum atomic E-state index is 6.04. The van der Waals surface area contributed by atoms with Crippen LogP contribution in [0.4, 0.5) is 5.82 Å². The molecule has 124 valence electrons. The van der Waals surface area contributed by atoms with Crippen LogP contribution in [-0.4, -0.2) is 33.8 Å². The summed E-state index contributed by atoms with van der Waals surface area (Å²) in [6.45, 7) is 0. The summed E-state index contributed by atoms with van der Waals surface area (Å²) in [4.78, 5) is 4.71. The van der Waals surface area contributed by atoms with E-state index in [9.17, 15) is 0 Å². The molecule has 6 heteroatoms. The van der Waals surface area contributed by atoms with Gasteiger partial charge in [0, 0.05) is 29.8 Å². The van der Waals surface area contributed by atoms with Gasteiger partial charge in [-0.1, -0.05) is 12.1 Å². The third-order valence-corrected chi connectivity index (χ3v) is 4.55. The Labute approximate surface area is 140 Å². The number of methoxy groups -OCH3 is 1. The molecule has 1 fully saturated rings. The highest BCUT2D eigenvalue weighted by Gasteiger charge is 2.22. The van der Waals surface area contributed by atoms with E-state index in [4.69, 9.17) is 15.5 Å². The van der Waals surface area contributed by atoms with Gasteiger partial charge in [-0.05, 0) is 31.4 Å². The number of ether oxygens (including phenoxy) is 1. The predicted octanol–water partition coefficient (Wildman–Crippen LogP) is 2.70. The highest BCUT2D eigenvalue weighted by Crippen LogP contribution is 2.27. The van der Waals surface area contributed by atoms with Crippen LogP contribution in [0.5, 0.6) is 5.75 Å². The van der Waals surface area contributed by atoms with Crippen molar-refractivity contribution < 1.29 is 4.74 Å². The first-order valence-electron chi connectivity index (χ1n) is 8.24. The van der Waals surface area contributed by atoms with Crippen molar-refractivity contribution in [3.05, 3.63) is 42.6 Å². The number of rotatable bonds is 4. The number of nitrogens with zero attached hydrogens (tertiary/aromatic N) is 3. The van der Waals surface area contributed by atoms with Gasteiger partial charge in [0.2, 0.25) is 0 Å². The molecule has 1 aromatic carbocycles. The molecule has 3 aromatic rings. The molecular formula is C18H21N5O. The van der Waals surface area contributed by atoms with Crippen molar-refractivity contribution in [2.45, 2.75) is 31.3 Å². The van der Waals surface area contributed by atoms with Crippen LogP contribution in [0, 0.1) is 0 Å². The van der Waals surface area contributed by atoms with Crippen molar-refractivity contribution in [1.29, 1.82) is 0 Å². The van der Waals surface area contributed by atoms with E-state index in [2.05, 4.69) is 10.4 Å². The van der Waals surface area contributed by atoms with Crippen LogP contribution >= 0.6 is 0 Å². The van der Waals surface area contributed by atoms with Gasteiger partial charge in [0.1, 0.15) is 11.6 Å². The second-order valence-corrected chi connectivity index (χ2v) is 6.27. The Hall–Kier alpha value is -2.60. The summed E-state index contributed by atoms with van der Waals surface area (Å²) >= 11 is 0. The number of hydrogen-bond acceptors (Lipinski definition) is 5. The Morgan fingerprint density at radius 3 is 2.96 bits per heavy atom. The molecule has 0 aliphatic heterocycles. The molecular weight excluding hydrogens is 302 g/mol. The van der Waals surface area contributed by atoms with Crippen LogP contribution in [0.25, 0.3) is 16.9 Å². The lowest BCUT2D eigenvalue weighted by Crippen LogP contribution is -2.22. The van der Waals surface area contributed by atoms with E-state index in [-0.39, 0.29) is 6.04 Å². The number of aromatic nitrogens is 3. The minimum Gasteiger partial charge on any atom is -0.497 e. The molecule has 6 nitrogen and oxygen atoms in total. The predicted molar refractivity (Wildman–Crippen MR) is 94.2 cm³/mol. The van der Waals surface area contributed by atoms with E-state index in [0.717, 1.165) is 47.7 Å². The lowest BCUT2D eigenvalue weighted by molar-refractivity contribution is 0.415. The molecule has 24 heavy (non-hydrogen) atoms. The first-order chi connectivity index (χ1) is 11.7. The van der Waals surface area contributed by atoms with Gasteiger partial charge in [-0.2, -0.15) is 9.61 Å². The van der Waals surface area contributed by atoms with Crippen molar-refractivity contribution in [3.63, 3.8) is 0 Å². The van der Waals surface area contributed by atoms with Crippen LogP contribution < -0.4 is 15.8 Å². The maximum absolute atomic E-state index is 6.04. The third kappa shape index (κ3) is 2.80. The fraction of sp³-hybridized carbons (Fsp3) is 0.333. The van der Waals surface area contributed by atoms with E-state index in [1.54, 1.807) is 13.3 Å². The highest BCUT2D eigenvalue weighted by molar-refractivity contribution is 5.67. The molecule has 0 amide bonds. The average Bonchev–Trinajstić information content (AvgIpc) is 3.23. The van der Waals surface area contributed by atoms with Gasteiger partial charge in [-0.25, -0.2) is 4.98 Å². The zero-order valence-corrected chi connectivity index (χ0v) is 13.6. The molecule has 0 radical (unpaired) electrons. The fourth-order valence-electron chi connectivity index (χ4n) is 3.30. The molecule has 3 N–H and O–H groups in total. The number of hydrogen-bond donors (Lipinski definition) is 2. The van der Waals surface area contributed by atoms with E-state index in [1.165, 1.54) is 0 Å². The number of fused-ring (bicyclic) bond motifs is 1. The van der Waals surface area contributed by atoms with Crippen LogP contribution in [0.2, 0.25) is 0 Å². The Balaban J connectivity index is 1.74. The summed E-state index contributed by atoms with van der Waals surface area (Å²) in [7, 11) is 1.67. The molecule has 2 aromatic heterocycles. The zero-order valence-electron chi connectivity index (χ0n) is 13.6. The lowest BCUT2D eigenvalue weighted by atomic mass is 10.1. The first kappa shape index (κ1) is 15.0. The van der Waals surface area contributed by atoms with Gasteiger partial charge in [0.25, 0.3) is 0 Å². The first-order valence-corrected chi connectivity index (χ1v) is 8.24. The van der Waals surface area contributed by atoms with Gasteiger partial charge >= 0.3 is 0 Å². The van der Waals surface area contributed by atoms with Crippen LogP contribution in [-0.2, 0) is 0 Å². The quantitative estimate of drug-likeness (QED) is 0.772. The van der Waals surface area contributed by atoms with Crippen molar-refractivity contribution in [1.82, 2.24) is 14.6 Å². The Morgan fingerprint density at radius 2 is 2.17 bits per heavy atom. The topological polar surface area (TPSA) is 77.5 Å². The Morgan fingerprint density at radius 1 is 1.25 bits per heavy atom. The molecule has 0 spiro atoms. The summed E-state index contributed by atoms with van der Waals surface area (Å²) in [5.41, 5.74) is 8.77. The van der Waals surface area contributed by atoms with Gasteiger partial charge in [0.15, 0.2) is 5.65 Å². The van der Waals surface area contributed by atoms with E-state index in [0.29, 0.717) is 6.04 Å². The number of nitrogens with two attached hydrogens (primary N) is 1. The number of benzene rings is 1. The maximum Gasteiger partial charge on any atom is 0.157 e. The zero-order chi connectivity index (χ0) is 16.5. The molecule has 0 saturated heterocycles. The molecule has 2 atom stereocenters. The Bertz CT molecular complexity index is 859. The van der Waals surface area contributed by atoms with E-state index in [1.807, 2.05) is 40.9 Å². The number of anilines is 1. The van der Waals surface area contributed by atoms with E-state index < -0.39 is 0 Å². The van der Waals surface area contributed by atoms with Crippen molar-refractivity contribution in [2.24, 2.45) is 5.73 Å². The summed E-state index contributed by atoms with van der Waals surface area (Å²) < 4.78 is 7.16. The van der Waals surface area contributed by atoms with Gasteiger partial charge < -0.3 is 15.8 Å². The molecule has 0 bridgehead atoms. The smallest absolute Gasteiger partial charge is 0.157 e.